The standard InChI is InChI=1S/C21H17F4N3O/c22-16-6-2-3-7-17(16)26-20(29)13-9-11-14(12-10-13)28-18-8-4-1-5-15(18)19(27-28)21(23,24)25/h2-3,6-7,9-12H,1,4-5,8H2,(H,26,29). The molecule has 1 aromatic heterocycles. The van der Waals surface area contributed by atoms with Crippen molar-refractivity contribution in [3.05, 3.63) is 76.9 Å². The van der Waals surface area contributed by atoms with Gasteiger partial charge in [0.25, 0.3) is 5.91 Å². The van der Waals surface area contributed by atoms with E-state index in [2.05, 4.69) is 10.4 Å². The first kappa shape index (κ1) is 19.2. The summed E-state index contributed by atoms with van der Waals surface area (Å²) in [5.41, 5.74) is 0.735. The van der Waals surface area contributed by atoms with Crippen LogP contribution in [0.2, 0.25) is 0 Å². The van der Waals surface area contributed by atoms with Gasteiger partial charge in [0.1, 0.15) is 5.82 Å². The van der Waals surface area contributed by atoms with E-state index in [0.717, 1.165) is 6.42 Å². The quantitative estimate of drug-likeness (QED) is 0.614. The van der Waals surface area contributed by atoms with E-state index in [9.17, 15) is 22.4 Å². The Labute approximate surface area is 164 Å². The Morgan fingerprint density at radius 2 is 1.69 bits per heavy atom. The van der Waals surface area contributed by atoms with Crippen LogP contribution in [0.4, 0.5) is 23.2 Å². The number of fused-ring (bicyclic) bond motifs is 1. The molecule has 0 unspecified atom stereocenters. The van der Waals surface area contributed by atoms with Crippen LogP contribution < -0.4 is 5.32 Å². The topological polar surface area (TPSA) is 46.9 Å². The highest BCUT2D eigenvalue weighted by atomic mass is 19.4. The van der Waals surface area contributed by atoms with E-state index >= 15 is 0 Å². The minimum absolute atomic E-state index is 0.0533. The lowest BCUT2D eigenvalue weighted by molar-refractivity contribution is -0.142. The van der Waals surface area contributed by atoms with Crippen molar-refractivity contribution in [1.82, 2.24) is 9.78 Å². The highest BCUT2D eigenvalue weighted by Crippen LogP contribution is 2.36. The molecule has 2 aromatic carbocycles. The van der Waals surface area contributed by atoms with E-state index < -0.39 is 23.6 Å². The zero-order valence-corrected chi connectivity index (χ0v) is 15.3. The Hall–Kier alpha value is -3.16. The zero-order chi connectivity index (χ0) is 20.6. The Bertz CT molecular complexity index is 1050. The summed E-state index contributed by atoms with van der Waals surface area (Å²) in [7, 11) is 0. The third-order valence-electron chi connectivity index (χ3n) is 4.94. The van der Waals surface area contributed by atoms with Gasteiger partial charge >= 0.3 is 6.18 Å². The van der Waals surface area contributed by atoms with Crippen LogP contribution in [0.25, 0.3) is 5.69 Å². The van der Waals surface area contributed by atoms with Crippen LogP contribution in [0.5, 0.6) is 0 Å². The van der Waals surface area contributed by atoms with Gasteiger partial charge in [0.2, 0.25) is 0 Å². The smallest absolute Gasteiger partial charge is 0.319 e. The van der Waals surface area contributed by atoms with E-state index in [1.54, 1.807) is 6.07 Å². The van der Waals surface area contributed by atoms with Crippen molar-refractivity contribution in [2.24, 2.45) is 0 Å². The predicted molar refractivity (Wildman–Crippen MR) is 99.6 cm³/mol. The molecule has 8 heteroatoms. The number of halogens is 4. The van der Waals surface area contributed by atoms with Gasteiger partial charge in [0.15, 0.2) is 5.69 Å². The van der Waals surface area contributed by atoms with Gasteiger partial charge in [-0.05, 0) is 62.1 Å². The molecule has 0 bridgehead atoms. The molecule has 1 N–H and O–H groups in total. The van der Waals surface area contributed by atoms with Gasteiger partial charge < -0.3 is 5.32 Å². The van der Waals surface area contributed by atoms with E-state index in [-0.39, 0.29) is 16.8 Å². The molecular formula is C21H17F4N3O. The lowest BCUT2D eigenvalue weighted by Crippen LogP contribution is -2.13. The Morgan fingerprint density at radius 3 is 2.38 bits per heavy atom. The zero-order valence-electron chi connectivity index (χ0n) is 15.3. The number of hydrogen-bond acceptors (Lipinski definition) is 2. The minimum atomic E-state index is -4.51. The first-order valence-electron chi connectivity index (χ1n) is 9.19. The third kappa shape index (κ3) is 3.74. The molecule has 4 rings (SSSR count). The van der Waals surface area contributed by atoms with Crippen molar-refractivity contribution in [3.8, 4) is 5.69 Å². The number of carbonyl (C=O) groups excluding carboxylic acids is 1. The molecule has 29 heavy (non-hydrogen) atoms. The Kier molecular flexibility index (Phi) is 4.86. The van der Waals surface area contributed by atoms with Gasteiger partial charge in [0, 0.05) is 16.8 Å². The number of nitrogens with one attached hydrogen (secondary N) is 1. The van der Waals surface area contributed by atoms with Crippen LogP contribution in [0, 0.1) is 5.82 Å². The maximum Gasteiger partial charge on any atom is 0.435 e. The number of carbonyl (C=O) groups is 1. The van der Waals surface area contributed by atoms with Crippen molar-refractivity contribution < 1.29 is 22.4 Å². The van der Waals surface area contributed by atoms with Crippen LogP contribution in [-0.2, 0) is 19.0 Å². The molecule has 150 valence electrons. The number of rotatable bonds is 3. The number of amides is 1. The molecule has 0 saturated heterocycles. The maximum atomic E-state index is 13.7. The van der Waals surface area contributed by atoms with Gasteiger partial charge in [-0.1, -0.05) is 12.1 Å². The number of alkyl halides is 3. The summed E-state index contributed by atoms with van der Waals surface area (Å²) in [5.74, 6) is -1.07. The number of nitrogens with zero attached hydrogens (tertiary/aromatic N) is 2. The fraction of sp³-hybridized carbons (Fsp3) is 0.238. The highest BCUT2D eigenvalue weighted by molar-refractivity contribution is 6.04. The van der Waals surface area contributed by atoms with E-state index in [1.165, 1.54) is 47.1 Å². The number of aromatic nitrogens is 2. The first-order valence-corrected chi connectivity index (χ1v) is 9.19. The van der Waals surface area contributed by atoms with E-state index in [0.29, 0.717) is 30.6 Å². The normalized spacial score (nSPS) is 13.8. The second-order valence-electron chi connectivity index (χ2n) is 6.87. The van der Waals surface area contributed by atoms with Gasteiger partial charge in [0.05, 0.1) is 11.4 Å². The predicted octanol–water partition coefficient (Wildman–Crippen LogP) is 5.16. The van der Waals surface area contributed by atoms with Crippen molar-refractivity contribution in [3.63, 3.8) is 0 Å². The lowest BCUT2D eigenvalue weighted by atomic mass is 9.95. The van der Waals surface area contributed by atoms with Crippen molar-refractivity contribution in [2.45, 2.75) is 31.9 Å². The summed E-state index contributed by atoms with van der Waals surface area (Å²) in [4.78, 5) is 12.3. The van der Waals surface area contributed by atoms with Crippen LogP contribution in [0.15, 0.2) is 48.5 Å². The monoisotopic (exact) mass is 403 g/mol. The van der Waals surface area contributed by atoms with Crippen molar-refractivity contribution in [1.29, 1.82) is 0 Å². The third-order valence-corrected chi connectivity index (χ3v) is 4.94. The number of anilines is 1. The molecule has 3 aromatic rings. The summed E-state index contributed by atoms with van der Waals surface area (Å²) in [6.45, 7) is 0. The highest BCUT2D eigenvalue weighted by Gasteiger charge is 2.39. The summed E-state index contributed by atoms with van der Waals surface area (Å²) in [6.07, 6.45) is -2.12. The summed E-state index contributed by atoms with van der Waals surface area (Å²) >= 11 is 0. The Balaban J connectivity index is 1.62. The summed E-state index contributed by atoms with van der Waals surface area (Å²) in [6, 6.07) is 11.8. The van der Waals surface area contributed by atoms with Crippen LogP contribution in [0.1, 0.15) is 40.2 Å². The molecule has 0 atom stereocenters. The summed E-state index contributed by atoms with van der Waals surface area (Å²) < 4.78 is 55.1. The molecule has 0 saturated carbocycles. The van der Waals surface area contributed by atoms with Gasteiger partial charge in [-0.2, -0.15) is 18.3 Å². The molecule has 0 radical (unpaired) electrons. The largest absolute Gasteiger partial charge is 0.435 e. The second-order valence-corrected chi connectivity index (χ2v) is 6.87. The number of hydrogen-bond donors (Lipinski definition) is 1. The molecule has 0 aliphatic heterocycles. The molecule has 0 fully saturated rings. The molecular weight excluding hydrogens is 386 g/mol. The fourth-order valence-electron chi connectivity index (χ4n) is 3.55. The van der Waals surface area contributed by atoms with E-state index in [1.807, 2.05) is 0 Å². The first-order chi connectivity index (χ1) is 13.8. The second kappa shape index (κ2) is 7.35. The molecule has 1 heterocycles. The molecule has 4 nitrogen and oxygen atoms in total. The Morgan fingerprint density at radius 1 is 1.00 bits per heavy atom. The summed E-state index contributed by atoms with van der Waals surface area (Å²) in [5, 5.41) is 6.30. The SMILES string of the molecule is O=C(Nc1ccccc1F)c1ccc(-n2nc(C(F)(F)F)c3c2CCCC3)cc1. The number of para-hydroxylation sites is 1. The molecule has 1 aliphatic carbocycles. The molecule has 0 spiro atoms. The van der Waals surface area contributed by atoms with Gasteiger partial charge in [-0.25, -0.2) is 9.07 Å². The van der Waals surface area contributed by atoms with Crippen LogP contribution in [-0.4, -0.2) is 15.7 Å². The van der Waals surface area contributed by atoms with E-state index in [4.69, 9.17) is 0 Å². The lowest BCUT2D eigenvalue weighted by Gasteiger charge is -2.15. The van der Waals surface area contributed by atoms with Crippen molar-refractivity contribution >= 4 is 11.6 Å². The fourth-order valence-corrected chi connectivity index (χ4v) is 3.55. The molecule has 1 amide bonds. The minimum Gasteiger partial charge on any atom is -0.319 e. The molecule has 1 aliphatic rings. The van der Waals surface area contributed by atoms with Crippen LogP contribution in [0.3, 0.4) is 0 Å². The maximum absolute atomic E-state index is 13.7. The van der Waals surface area contributed by atoms with Crippen molar-refractivity contribution in [2.75, 3.05) is 5.32 Å². The number of benzene rings is 2. The average molecular weight is 403 g/mol. The average Bonchev–Trinajstić information content (AvgIpc) is 3.10. The van der Waals surface area contributed by atoms with Crippen LogP contribution >= 0.6 is 0 Å². The van der Waals surface area contributed by atoms with Gasteiger partial charge in [-0.15, -0.1) is 0 Å². The van der Waals surface area contributed by atoms with Gasteiger partial charge in [-0.3, -0.25) is 4.79 Å².